The van der Waals surface area contributed by atoms with Gasteiger partial charge in [0.25, 0.3) is 0 Å². The average Bonchev–Trinajstić information content (AvgIpc) is 1.35. The molecule has 0 aromatic carbocycles. The Kier molecular flexibility index (Phi) is 1.81. The first kappa shape index (κ1) is 4.94. The van der Waals surface area contributed by atoms with Gasteiger partial charge in [0.1, 0.15) is 0 Å². The van der Waals surface area contributed by atoms with E-state index in [0.29, 0.717) is 0 Å². The SMILES string of the molecule is [NH]C(=O)OC=O. The fourth-order valence-corrected chi connectivity index (χ4v) is 0.0437. The minimum absolute atomic E-state index is 0.0880. The van der Waals surface area contributed by atoms with Crippen LogP contribution in [0.25, 0.3) is 0 Å². The molecule has 0 rings (SSSR count). The third-order valence-corrected chi connectivity index (χ3v) is 0.155. The molecule has 0 saturated heterocycles. The highest BCUT2D eigenvalue weighted by Gasteiger charge is 1.85. The normalized spacial score (nSPS) is 6.67. The van der Waals surface area contributed by atoms with Crippen molar-refractivity contribution in [2.45, 2.75) is 0 Å². The molecular formula is C2H2NO3. The van der Waals surface area contributed by atoms with E-state index < -0.39 is 6.09 Å². The summed E-state index contributed by atoms with van der Waals surface area (Å²) >= 11 is 0. The van der Waals surface area contributed by atoms with Gasteiger partial charge in [-0.15, -0.1) is 0 Å². The van der Waals surface area contributed by atoms with Gasteiger partial charge in [0, 0.05) is 0 Å². The molecule has 0 aliphatic rings. The van der Waals surface area contributed by atoms with E-state index in [2.05, 4.69) is 4.74 Å². The van der Waals surface area contributed by atoms with Gasteiger partial charge in [-0.3, -0.25) is 4.79 Å². The van der Waals surface area contributed by atoms with Crippen LogP contribution in [-0.4, -0.2) is 12.6 Å². The van der Waals surface area contributed by atoms with E-state index in [4.69, 9.17) is 10.5 Å². The molecule has 1 amide bonds. The van der Waals surface area contributed by atoms with Crippen LogP contribution in [0.5, 0.6) is 0 Å². The first-order chi connectivity index (χ1) is 2.77. The number of carbonyl (C=O) groups excluding carboxylic acids is 2. The highest BCUT2D eigenvalue weighted by Crippen LogP contribution is 1.61. The lowest BCUT2D eigenvalue weighted by Crippen LogP contribution is -1.98. The maximum absolute atomic E-state index is 9.26. The lowest BCUT2D eigenvalue weighted by Gasteiger charge is -1.77. The molecule has 33 valence electrons. The molecule has 0 aromatic heterocycles. The number of hydrogen-bond acceptors (Lipinski definition) is 3. The topological polar surface area (TPSA) is 67.2 Å². The molecule has 6 heavy (non-hydrogen) atoms. The second kappa shape index (κ2) is 2.19. The van der Waals surface area contributed by atoms with Gasteiger partial charge in [0.2, 0.25) is 0 Å². The summed E-state index contributed by atoms with van der Waals surface area (Å²) in [5, 5.41) is 0. The molecule has 0 saturated carbocycles. The number of ether oxygens (including phenoxy) is 1. The molecule has 0 fully saturated rings. The largest absolute Gasteiger partial charge is 0.433 e. The first-order valence-corrected chi connectivity index (χ1v) is 1.13. The van der Waals surface area contributed by atoms with E-state index in [9.17, 15) is 4.79 Å². The van der Waals surface area contributed by atoms with E-state index in [-0.39, 0.29) is 6.47 Å². The second-order valence-corrected chi connectivity index (χ2v) is 0.502. The monoisotopic (exact) mass is 88.0 g/mol. The van der Waals surface area contributed by atoms with Crippen LogP contribution in [0.3, 0.4) is 0 Å². The van der Waals surface area contributed by atoms with Crippen LogP contribution in [0.15, 0.2) is 0 Å². The van der Waals surface area contributed by atoms with Crippen LogP contribution in [0.4, 0.5) is 4.79 Å². The molecule has 0 spiro atoms. The number of rotatable bonds is 1. The van der Waals surface area contributed by atoms with Crippen LogP contribution in [0, 0.1) is 0 Å². The predicted molar refractivity (Wildman–Crippen MR) is 15.6 cm³/mol. The van der Waals surface area contributed by atoms with Crippen molar-refractivity contribution in [3.63, 3.8) is 0 Å². The zero-order valence-electron chi connectivity index (χ0n) is 2.80. The van der Waals surface area contributed by atoms with Gasteiger partial charge >= 0.3 is 12.6 Å². The van der Waals surface area contributed by atoms with Crippen molar-refractivity contribution in [1.82, 2.24) is 5.73 Å². The maximum atomic E-state index is 9.26. The van der Waals surface area contributed by atoms with Crippen molar-refractivity contribution in [3.05, 3.63) is 0 Å². The summed E-state index contributed by atoms with van der Waals surface area (Å²) in [4.78, 5) is 18.3. The molecule has 0 unspecified atom stereocenters. The third-order valence-electron chi connectivity index (χ3n) is 0.155. The van der Waals surface area contributed by atoms with Crippen molar-refractivity contribution in [2.24, 2.45) is 0 Å². The molecule has 1 radical (unpaired) electrons. The first-order valence-electron chi connectivity index (χ1n) is 1.13. The van der Waals surface area contributed by atoms with Crippen LogP contribution in [0.1, 0.15) is 0 Å². The highest BCUT2D eigenvalue weighted by atomic mass is 16.6. The Morgan fingerprint density at radius 3 is 2.33 bits per heavy atom. The fraction of sp³-hybridized carbons (Fsp3) is 0. The lowest BCUT2D eigenvalue weighted by molar-refractivity contribution is -0.123. The zero-order valence-corrected chi connectivity index (χ0v) is 2.80. The molecule has 1 N–H and O–H groups in total. The van der Waals surface area contributed by atoms with Gasteiger partial charge in [0.05, 0.1) is 0 Å². The van der Waals surface area contributed by atoms with Crippen LogP contribution >= 0.6 is 0 Å². The maximum Gasteiger partial charge on any atom is 0.433 e. The molecule has 4 nitrogen and oxygen atoms in total. The molecule has 0 aliphatic heterocycles. The smallest absolute Gasteiger partial charge is 0.378 e. The molecule has 4 heteroatoms. The van der Waals surface area contributed by atoms with Gasteiger partial charge in [-0.25, -0.2) is 10.5 Å². The summed E-state index contributed by atoms with van der Waals surface area (Å²) in [5.74, 6) is 0. The molecule has 0 bridgehead atoms. The van der Waals surface area contributed by atoms with Gasteiger partial charge in [-0.05, 0) is 0 Å². The van der Waals surface area contributed by atoms with Crippen molar-refractivity contribution >= 4 is 12.6 Å². The highest BCUT2D eigenvalue weighted by molar-refractivity contribution is 5.71. The van der Waals surface area contributed by atoms with Gasteiger partial charge in [-0.1, -0.05) is 0 Å². The van der Waals surface area contributed by atoms with E-state index in [1.165, 1.54) is 0 Å². The number of amides is 1. The summed E-state index contributed by atoms with van der Waals surface area (Å²) in [5.41, 5.74) is 5.89. The second-order valence-electron chi connectivity index (χ2n) is 0.502. The predicted octanol–water partition coefficient (Wildman–Crippen LogP) is -0.438. The summed E-state index contributed by atoms with van der Waals surface area (Å²) in [6.45, 7) is -0.0880. The molecule has 0 aliphatic carbocycles. The Hall–Kier alpha value is -1.06. The summed E-state index contributed by atoms with van der Waals surface area (Å²) in [6, 6.07) is 0. The summed E-state index contributed by atoms with van der Waals surface area (Å²) in [6.07, 6.45) is -1.33. The quantitative estimate of drug-likeness (QED) is 0.322. The van der Waals surface area contributed by atoms with Crippen molar-refractivity contribution in [2.75, 3.05) is 0 Å². The van der Waals surface area contributed by atoms with E-state index >= 15 is 0 Å². The van der Waals surface area contributed by atoms with Crippen LogP contribution in [-0.2, 0) is 9.53 Å². The Labute approximate surface area is 33.9 Å². The van der Waals surface area contributed by atoms with Crippen LogP contribution < -0.4 is 5.73 Å². The van der Waals surface area contributed by atoms with Crippen molar-refractivity contribution in [3.8, 4) is 0 Å². The minimum atomic E-state index is -1.33. The van der Waals surface area contributed by atoms with Gasteiger partial charge < -0.3 is 4.74 Å². The molecule has 0 aromatic rings. The zero-order chi connectivity index (χ0) is 4.99. The molecule has 0 atom stereocenters. The van der Waals surface area contributed by atoms with Gasteiger partial charge in [0.15, 0.2) is 0 Å². The summed E-state index contributed by atoms with van der Waals surface area (Å²) in [7, 11) is 0. The standard InChI is InChI=1S/C2H2NO3/c3-2(5)6-1-4/h1,3H. The number of carbonyl (C=O) groups is 2. The molecular weight excluding hydrogens is 86.0 g/mol. The lowest BCUT2D eigenvalue weighted by atomic mass is 11.2. The number of nitrogens with one attached hydrogen (secondary N) is 1. The number of hydrogen-bond donors (Lipinski definition) is 0. The van der Waals surface area contributed by atoms with E-state index in [0.717, 1.165) is 0 Å². The van der Waals surface area contributed by atoms with Crippen LogP contribution in [0.2, 0.25) is 0 Å². The minimum Gasteiger partial charge on any atom is -0.378 e. The van der Waals surface area contributed by atoms with E-state index in [1.54, 1.807) is 0 Å². The fourth-order valence-electron chi connectivity index (χ4n) is 0.0437. The Morgan fingerprint density at radius 1 is 1.83 bits per heavy atom. The van der Waals surface area contributed by atoms with Crippen molar-refractivity contribution in [1.29, 1.82) is 0 Å². The Morgan fingerprint density at radius 2 is 2.33 bits per heavy atom. The van der Waals surface area contributed by atoms with Crippen molar-refractivity contribution < 1.29 is 14.3 Å². The van der Waals surface area contributed by atoms with E-state index in [1.807, 2.05) is 0 Å². The third kappa shape index (κ3) is 2.94. The van der Waals surface area contributed by atoms with Gasteiger partial charge in [-0.2, -0.15) is 0 Å². The summed E-state index contributed by atoms with van der Waals surface area (Å²) < 4.78 is 3.39. The average molecular weight is 88.0 g/mol. The Bertz CT molecular complexity index is 69.2. The Balaban J connectivity index is 3.05. The molecule has 0 heterocycles.